The summed E-state index contributed by atoms with van der Waals surface area (Å²) in [5.74, 6) is -3.31. The summed E-state index contributed by atoms with van der Waals surface area (Å²) in [6.07, 6.45) is 14.0. The van der Waals surface area contributed by atoms with Gasteiger partial charge in [0.05, 0.1) is 0 Å². The molecule has 4 aliphatic carbocycles. The smallest absolute Gasteiger partial charge is 0.345 e. The minimum atomic E-state index is -1.85. The number of hydrogen-bond acceptors (Lipinski definition) is 7. The van der Waals surface area contributed by atoms with Crippen molar-refractivity contribution in [2.75, 3.05) is 0 Å². The topological polar surface area (TPSA) is 124 Å². The third-order valence-corrected chi connectivity index (χ3v) is 10.6. The molecule has 7 heteroatoms. The van der Waals surface area contributed by atoms with Crippen LogP contribution in [0.4, 0.5) is 0 Å². The van der Waals surface area contributed by atoms with Crippen molar-refractivity contribution in [3.8, 4) is 0 Å². The summed E-state index contributed by atoms with van der Waals surface area (Å²) in [5.41, 5.74) is -3.29. The van der Waals surface area contributed by atoms with Crippen LogP contribution in [0.2, 0.25) is 0 Å². The fourth-order valence-corrected chi connectivity index (χ4v) is 8.41. The predicted molar refractivity (Wildman–Crippen MR) is 139 cm³/mol. The van der Waals surface area contributed by atoms with Gasteiger partial charge in [-0.05, 0) is 75.0 Å². The molecular formula is C30H50O7. The van der Waals surface area contributed by atoms with Crippen molar-refractivity contribution in [2.45, 2.75) is 152 Å². The maximum Gasteiger partial charge on any atom is 0.345 e. The predicted octanol–water partition coefficient (Wildman–Crippen LogP) is 4.56. The van der Waals surface area contributed by atoms with E-state index in [1.54, 1.807) is 0 Å². The van der Waals surface area contributed by atoms with Gasteiger partial charge in [0, 0.05) is 0 Å². The second-order valence-corrected chi connectivity index (χ2v) is 12.7. The molecule has 212 valence electrons. The van der Waals surface area contributed by atoms with Crippen molar-refractivity contribution in [3.05, 3.63) is 0 Å². The van der Waals surface area contributed by atoms with E-state index in [0.29, 0.717) is 0 Å². The Kier molecular flexibility index (Phi) is 10.1. The fourth-order valence-electron chi connectivity index (χ4n) is 8.41. The van der Waals surface area contributed by atoms with Crippen LogP contribution in [0.15, 0.2) is 0 Å². The molecule has 0 saturated heterocycles. The van der Waals surface area contributed by atoms with E-state index in [9.17, 15) is 30.0 Å². The SMILES string of the molecule is O=C(OC(=O)C(O)C(O)(C1CCCCC1)C1CCCCC1)C(O)C(O)(C1CCCCC1)C1CCCCC1. The van der Waals surface area contributed by atoms with Gasteiger partial charge in [-0.15, -0.1) is 0 Å². The normalized spacial score (nSPS) is 25.9. The Morgan fingerprint density at radius 3 is 0.919 bits per heavy atom. The Balaban J connectivity index is 1.51. The highest BCUT2D eigenvalue weighted by Crippen LogP contribution is 2.47. The summed E-state index contributed by atoms with van der Waals surface area (Å²) < 4.78 is 5.13. The monoisotopic (exact) mass is 522 g/mol. The standard InChI is InChI=1S/C30H50O7/c31-25(29(35,21-13-5-1-6-14-21)22-15-7-2-8-16-22)27(33)37-28(34)26(32)30(36,23-17-9-3-10-18-23)24-19-11-4-12-20-24/h21-26,31-32,35-36H,1-20H2. The maximum absolute atomic E-state index is 13.2. The van der Waals surface area contributed by atoms with Gasteiger partial charge in [0.2, 0.25) is 0 Å². The minimum absolute atomic E-state index is 0.228. The summed E-state index contributed by atoms with van der Waals surface area (Å²) in [7, 11) is 0. The van der Waals surface area contributed by atoms with E-state index >= 15 is 0 Å². The molecule has 0 radical (unpaired) electrons. The minimum Gasteiger partial charge on any atom is -0.389 e. The first kappa shape index (κ1) is 29.0. The number of rotatable bonds is 8. The Morgan fingerprint density at radius 1 is 0.486 bits per heavy atom. The highest BCUT2D eigenvalue weighted by Gasteiger charge is 2.56. The summed E-state index contributed by atoms with van der Waals surface area (Å²) in [6.45, 7) is 0. The van der Waals surface area contributed by atoms with E-state index in [1.165, 1.54) is 0 Å². The first-order valence-electron chi connectivity index (χ1n) is 15.4. The van der Waals surface area contributed by atoms with Crippen molar-refractivity contribution in [2.24, 2.45) is 23.7 Å². The molecule has 0 amide bonds. The molecule has 4 N–H and O–H groups in total. The first-order valence-corrected chi connectivity index (χ1v) is 15.4. The lowest BCUT2D eigenvalue weighted by Gasteiger charge is -2.48. The van der Waals surface area contributed by atoms with Gasteiger partial charge in [0.1, 0.15) is 11.2 Å². The number of ether oxygens (including phenoxy) is 1. The van der Waals surface area contributed by atoms with E-state index < -0.39 is 35.3 Å². The molecule has 0 aromatic heterocycles. The molecule has 2 atom stereocenters. The van der Waals surface area contributed by atoms with Gasteiger partial charge in [-0.2, -0.15) is 0 Å². The highest BCUT2D eigenvalue weighted by molar-refractivity contribution is 5.91. The van der Waals surface area contributed by atoms with Gasteiger partial charge < -0.3 is 25.2 Å². The average molecular weight is 523 g/mol. The summed E-state index contributed by atoms with van der Waals surface area (Å²) in [5, 5.41) is 46.4. The van der Waals surface area contributed by atoms with Crippen LogP contribution in [-0.4, -0.2) is 55.8 Å². The van der Waals surface area contributed by atoms with Crippen LogP contribution in [-0.2, 0) is 14.3 Å². The molecule has 4 fully saturated rings. The molecular weight excluding hydrogens is 472 g/mol. The lowest BCUT2D eigenvalue weighted by Crippen LogP contribution is -2.61. The summed E-state index contributed by atoms with van der Waals surface area (Å²) >= 11 is 0. The summed E-state index contributed by atoms with van der Waals surface area (Å²) in [4.78, 5) is 26.4. The van der Waals surface area contributed by atoms with E-state index in [2.05, 4.69) is 0 Å². The zero-order valence-electron chi connectivity index (χ0n) is 22.6. The lowest BCUT2D eigenvalue weighted by molar-refractivity contribution is -0.210. The second kappa shape index (κ2) is 12.9. The third-order valence-electron chi connectivity index (χ3n) is 10.6. The van der Waals surface area contributed by atoms with Gasteiger partial charge in [-0.1, -0.05) is 77.0 Å². The molecule has 0 spiro atoms. The van der Waals surface area contributed by atoms with Crippen LogP contribution in [0.5, 0.6) is 0 Å². The quantitative estimate of drug-likeness (QED) is 0.272. The molecule has 37 heavy (non-hydrogen) atoms. The van der Waals surface area contributed by atoms with Crippen molar-refractivity contribution in [3.63, 3.8) is 0 Å². The van der Waals surface area contributed by atoms with Crippen molar-refractivity contribution >= 4 is 11.9 Å². The van der Waals surface area contributed by atoms with Crippen molar-refractivity contribution < 1.29 is 34.8 Å². The molecule has 0 aliphatic heterocycles. The van der Waals surface area contributed by atoms with Gasteiger partial charge in [0.15, 0.2) is 12.2 Å². The Morgan fingerprint density at radius 2 is 0.703 bits per heavy atom. The van der Waals surface area contributed by atoms with Gasteiger partial charge in [0.25, 0.3) is 0 Å². The van der Waals surface area contributed by atoms with Crippen LogP contribution in [0.1, 0.15) is 128 Å². The van der Waals surface area contributed by atoms with E-state index in [1.807, 2.05) is 0 Å². The zero-order chi connectivity index (χ0) is 26.5. The second-order valence-electron chi connectivity index (χ2n) is 12.7. The Labute approximate surface area is 222 Å². The van der Waals surface area contributed by atoms with Crippen molar-refractivity contribution in [1.82, 2.24) is 0 Å². The van der Waals surface area contributed by atoms with Gasteiger partial charge in [-0.25, -0.2) is 9.59 Å². The molecule has 2 unspecified atom stereocenters. The maximum atomic E-state index is 13.2. The lowest BCUT2D eigenvalue weighted by atomic mass is 9.63. The molecule has 0 bridgehead atoms. The van der Waals surface area contributed by atoms with Crippen molar-refractivity contribution in [1.29, 1.82) is 0 Å². The highest BCUT2D eigenvalue weighted by atomic mass is 16.6. The Hall–Kier alpha value is -1.02. The first-order chi connectivity index (χ1) is 17.8. The molecule has 7 nitrogen and oxygen atoms in total. The van der Waals surface area contributed by atoms with E-state index in [-0.39, 0.29) is 23.7 Å². The molecule has 4 rings (SSSR count). The Bertz CT molecular complexity index is 645. The molecule has 0 aromatic carbocycles. The number of aliphatic hydroxyl groups excluding tert-OH is 2. The number of aliphatic hydroxyl groups is 4. The van der Waals surface area contributed by atoms with E-state index in [0.717, 1.165) is 128 Å². The number of carbonyl (C=O) groups is 2. The zero-order valence-corrected chi connectivity index (χ0v) is 22.6. The molecule has 0 heterocycles. The van der Waals surface area contributed by atoms with Crippen LogP contribution >= 0.6 is 0 Å². The largest absolute Gasteiger partial charge is 0.389 e. The van der Waals surface area contributed by atoms with Gasteiger partial charge >= 0.3 is 11.9 Å². The molecule has 4 aliphatic rings. The van der Waals surface area contributed by atoms with Crippen LogP contribution < -0.4 is 0 Å². The average Bonchev–Trinajstić information content (AvgIpc) is 2.97. The van der Waals surface area contributed by atoms with Crippen LogP contribution in [0.3, 0.4) is 0 Å². The molecule has 0 aromatic rings. The van der Waals surface area contributed by atoms with E-state index in [4.69, 9.17) is 4.74 Å². The fraction of sp³-hybridized carbons (Fsp3) is 0.933. The molecule has 4 saturated carbocycles. The number of carbonyl (C=O) groups excluding carboxylic acids is 2. The van der Waals surface area contributed by atoms with Crippen LogP contribution in [0.25, 0.3) is 0 Å². The summed E-state index contributed by atoms with van der Waals surface area (Å²) in [6, 6.07) is 0. The number of esters is 2. The van der Waals surface area contributed by atoms with Gasteiger partial charge in [-0.3, -0.25) is 0 Å². The van der Waals surface area contributed by atoms with Crippen LogP contribution in [0, 0.1) is 23.7 Å². The third kappa shape index (κ3) is 6.10. The number of hydrogen-bond donors (Lipinski definition) is 4.